The number of hydrogen-bond donors (Lipinski definition) is 0. The molecular weight excluding hydrogens is 232 g/mol. The Balaban J connectivity index is 1.91. The van der Waals surface area contributed by atoms with Gasteiger partial charge in [-0.05, 0) is 77.8 Å². The van der Waals surface area contributed by atoms with Crippen molar-refractivity contribution in [2.45, 2.75) is 58.8 Å². The lowest BCUT2D eigenvalue weighted by atomic mass is 9.87. The van der Waals surface area contributed by atoms with E-state index in [1.807, 2.05) is 0 Å². The largest absolute Gasteiger partial charge is 0.309 e. The summed E-state index contributed by atoms with van der Waals surface area (Å²) in [5.74, 6) is 1.88. The third kappa shape index (κ3) is 7.94. The number of nitrogens with zero attached hydrogens (tertiary/aromatic N) is 2. The van der Waals surface area contributed by atoms with Crippen LogP contribution >= 0.6 is 0 Å². The monoisotopic (exact) mass is 268 g/mol. The van der Waals surface area contributed by atoms with Crippen molar-refractivity contribution < 1.29 is 0 Å². The Hall–Kier alpha value is -0.0800. The molecule has 0 aliphatic carbocycles. The molecule has 0 aromatic carbocycles. The SMILES string of the molecule is CC(C)C1CCN(CCCCCCCN(C)C)CC1. The molecule has 1 aliphatic rings. The molecule has 0 atom stereocenters. The van der Waals surface area contributed by atoms with Crippen LogP contribution in [-0.2, 0) is 0 Å². The standard InChI is InChI=1S/C17H36N2/c1-16(2)17-10-14-19(15-11-17)13-9-7-5-6-8-12-18(3)4/h16-17H,5-15H2,1-4H3. The molecule has 1 saturated heterocycles. The first kappa shape index (κ1) is 17.0. The van der Waals surface area contributed by atoms with Gasteiger partial charge in [-0.2, -0.15) is 0 Å². The summed E-state index contributed by atoms with van der Waals surface area (Å²) in [7, 11) is 4.33. The van der Waals surface area contributed by atoms with Crippen LogP contribution < -0.4 is 0 Å². The maximum absolute atomic E-state index is 2.69. The van der Waals surface area contributed by atoms with E-state index >= 15 is 0 Å². The molecule has 0 saturated carbocycles. The highest BCUT2D eigenvalue weighted by molar-refractivity contribution is 4.74. The summed E-state index contributed by atoms with van der Waals surface area (Å²) in [5, 5.41) is 0. The summed E-state index contributed by atoms with van der Waals surface area (Å²) in [6.07, 6.45) is 9.91. The molecule has 0 spiro atoms. The van der Waals surface area contributed by atoms with Gasteiger partial charge in [-0.25, -0.2) is 0 Å². The molecular formula is C17H36N2. The van der Waals surface area contributed by atoms with Crippen molar-refractivity contribution in [3.05, 3.63) is 0 Å². The van der Waals surface area contributed by atoms with Gasteiger partial charge in [-0.3, -0.25) is 0 Å². The van der Waals surface area contributed by atoms with Crippen LogP contribution in [0.2, 0.25) is 0 Å². The van der Waals surface area contributed by atoms with Gasteiger partial charge in [0.2, 0.25) is 0 Å². The first-order valence-electron chi connectivity index (χ1n) is 8.46. The molecule has 0 radical (unpaired) electrons. The van der Waals surface area contributed by atoms with E-state index in [2.05, 4.69) is 37.7 Å². The van der Waals surface area contributed by atoms with Crippen LogP contribution in [0.4, 0.5) is 0 Å². The van der Waals surface area contributed by atoms with Gasteiger partial charge >= 0.3 is 0 Å². The zero-order valence-electron chi connectivity index (χ0n) is 13.8. The summed E-state index contributed by atoms with van der Waals surface area (Å²) >= 11 is 0. The van der Waals surface area contributed by atoms with Gasteiger partial charge in [-0.1, -0.05) is 33.1 Å². The molecule has 1 rings (SSSR count). The van der Waals surface area contributed by atoms with Gasteiger partial charge in [0.25, 0.3) is 0 Å². The van der Waals surface area contributed by atoms with E-state index in [4.69, 9.17) is 0 Å². The van der Waals surface area contributed by atoms with Crippen molar-refractivity contribution in [2.24, 2.45) is 11.8 Å². The molecule has 2 heteroatoms. The van der Waals surface area contributed by atoms with Crippen molar-refractivity contribution in [2.75, 3.05) is 40.3 Å². The predicted molar refractivity (Wildman–Crippen MR) is 85.6 cm³/mol. The fourth-order valence-electron chi connectivity index (χ4n) is 3.14. The minimum atomic E-state index is 0.888. The third-order valence-electron chi connectivity index (χ3n) is 4.65. The molecule has 2 nitrogen and oxygen atoms in total. The molecule has 114 valence electrons. The first-order valence-corrected chi connectivity index (χ1v) is 8.46. The Bertz CT molecular complexity index is 205. The normalized spacial score (nSPS) is 18.6. The zero-order valence-corrected chi connectivity index (χ0v) is 13.8. The zero-order chi connectivity index (χ0) is 14.1. The van der Waals surface area contributed by atoms with Crippen molar-refractivity contribution in [1.82, 2.24) is 9.80 Å². The lowest BCUT2D eigenvalue weighted by Crippen LogP contribution is -2.35. The van der Waals surface area contributed by atoms with E-state index in [0.29, 0.717) is 0 Å². The molecule has 0 aromatic rings. The van der Waals surface area contributed by atoms with Gasteiger partial charge in [0.1, 0.15) is 0 Å². The molecule has 0 amide bonds. The van der Waals surface area contributed by atoms with Gasteiger partial charge in [-0.15, -0.1) is 0 Å². The molecule has 0 bridgehead atoms. The minimum absolute atomic E-state index is 0.888. The van der Waals surface area contributed by atoms with Gasteiger partial charge in [0, 0.05) is 0 Å². The lowest BCUT2D eigenvalue weighted by molar-refractivity contribution is 0.155. The second-order valence-electron chi connectivity index (χ2n) is 6.99. The van der Waals surface area contributed by atoms with Crippen LogP contribution in [0.3, 0.4) is 0 Å². The molecule has 1 aliphatic heterocycles. The predicted octanol–water partition coefficient (Wildman–Crippen LogP) is 3.87. The Morgan fingerprint density at radius 2 is 1.53 bits per heavy atom. The summed E-state index contributed by atoms with van der Waals surface area (Å²) in [6.45, 7) is 10.1. The number of rotatable bonds is 9. The number of hydrogen-bond acceptors (Lipinski definition) is 2. The average Bonchev–Trinajstić information content (AvgIpc) is 2.38. The van der Waals surface area contributed by atoms with Crippen LogP contribution in [0.25, 0.3) is 0 Å². The first-order chi connectivity index (χ1) is 9.09. The highest BCUT2D eigenvalue weighted by atomic mass is 15.1. The average molecular weight is 268 g/mol. The summed E-state index contributed by atoms with van der Waals surface area (Å²) in [6, 6.07) is 0. The highest BCUT2D eigenvalue weighted by Gasteiger charge is 2.20. The van der Waals surface area contributed by atoms with Crippen molar-refractivity contribution in [3.8, 4) is 0 Å². The summed E-state index contributed by atoms with van der Waals surface area (Å²) in [5.41, 5.74) is 0. The molecule has 0 N–H and O–H groups in total. The molecule has 0 aromatic heterocycles. The topological polar surface area (TPSA) is 6.48 Å². The third-order valence-corrected chi connectivity index (χ3v) is 4.65. The van der Waals surface area contributed by atoms with Gasteiger partial charge in [0.15, 0.2) is 0 Å². The van der Waals surface area contributed by atoms with Crippen molar-refractivity contribution >= 4 is 0 Å². The van der Waals surface area contributed by atoms with E-state index < -0.39 is 0 Å². The van der Waals surface area contributed by atoms with Crippen LogP contribution in [0.1, 0.15) is 58.8 Å². The highest BCUT2D eigenvalue weighted by Crippen LogP contribution is 2.24. The fraction of sp³-hybridized carbons (Fsp3) is 1.00. The quantitative estimate of drug-likeness (QED) is 0.586. The van der Waals surface area contributed by atoms with Crippen LogP contribution in [0, 0.1) is 11.8 Å². The molecule has 19 heavy (non-hydrogen) atoms. The van der Waals surface area contributed by atoms with E-state index in [-0.39, 0.29) is 0 Å². The minimum Gasteiger partial charge on any atom is -0.309 e. The summed E-state index contributed by atoms with van der Waals surface area (Å²) in [4.78, 5) is 4.98. The van der Waals surface area contributed by atoms with Crippen molar-refractivity contribution in [3.63, 3.8) is 0 Å². The Labute approximate surface area is 121 Å². The fourth-order valence-corrected chi connectivity index (χ4v) is 3.14. The number of unbranched alkanes of at least 4 members (excludes halogenated alkanes) is 4. The second kappa shape index (κ2) is 9.77. The number of piperidine rings is 1. The second-order valence-corrected chi connectivity index (χ2v) is 6.99. The van der Waals surface area contributed by atoms with Crippen molar-refractivity contribution in [1.29, 1.82) is 0 Å². The van der Waals surface area contributed by atoms with Crippen LogP contribution in [0.15, 0.2) is 0 Å². The van der Waals surface area contributed by atoms with Crippen LogP contribution in [0.5, 0.6) is 0 Å². The Morgan fingerprint density at radius 1 is 0.947 bits per heavy atom. The summed E-state index contributed by atoms with van der Waals surface area (Å²) < 4.78 is 0. The lowest BCUT2D eigenvalue weighted by Gasteiger charge is -2.33. The Kier molecular flexibility index (Phi) is 8.72. The van der Waals surface area contributed by atoms with E-state index in [9.17, 15) is 0 Å². The maximum Gasteiger partial charge on any atom is -0.00160 e. The molecule has 1 heterocycles. The smallest absolute Gasteiger partial charge is 0.00160 e. The van der Waals surface area contributed by atoms with Gasteiger partial charge < -0.3 is 9.80 Å². The maximum atomic E-state index is 2.69. The van der Waals surface area contributed by atoms with E-state index in [1.165, 1.54) is 71.1 Å². The van der Waals surface area contributed by atoms with Crippen LogP contribution in [-0.4, -0.2) is 50.1 Å². The van der Waals surface area contributed by atoms with E-state index in [0.717, 1.165) is 11.8 Å². The molecule has 1 fully saturated rings. The number of likely N-dealkylation sites (tertiary alicyclic amines) is 1. The Morgan fingerprint density at radius 3 is 2.11 bits per heavy atom. The molecule has 0 unspecified atom stereocenters. The van der Waals surface area contributed by atoms with Gasteiger partial charge in [0.05, 0.1) is 0 Å². The van der Waals surface area contributed by atoms with E-state index in [1.54, 1.807) is 0 Å².